The Balaban J connectivity index is 2.02. The third-order valence-corrected chi connectivity index (χ3v) is 4.33. The van der Waals surface area contributed by atoms with Crippen molar-refractivity contribution in [1.29, 1.82) is 0 Å². The summed E-state index contributed by atoms with van der Waals surface area (Å²) in [5, 5.41) is 0. The molecular weight excluding hydrogens is 318 g/mol. The number of hydrogen-bond donors (Lipinski definition) is 0. The van der Waals surface area contributed by atoms with Gasteiger partial charge < -0.3 is 9.64 Å². The van der Waals surface area contributed by atoms with Gasteiger partial charge in [0.15, 0.2) is 0 Å². The molecule has 0 aliphatic carbocycles. The second-order valence-electron chi connectivity index (χ2n) is 4.69. The highest BCUT2D eigenvalue weighted by atomic mass is 79.9. The van der Waals surface area contributed by atoms with Crippen LogP contribution in [0.15, 0.2) is 46.9 Å². The molecule has 2 aromatic rings. The fourth-order valence-corrected chi connectivity index (χ4v) is 2.73. The second kappa shape index (κ2) is 5.29. The van der Waals surface area contributed by atoms with Crippen molar-refractivity contribution < 1.29 is 9.53 Å². The first-order chi connectivity index (χ1) is 9.68. The van der Waals surface area contributed by atoms with Crippen molar-refractivity contribution in [3.8, 4) is 5.75 Å². The molecule has 0 saturated heterocycles. The molecule has 4 heteroatoms. The van der Waals surface area contributed by atoms with E-state index in [9.17, 15) is 4.79 Å². The predicted molar refractivity (Wildman–Crippen MR) is 82.5 cm³/mol. The molecule has 0 unspecified atom stereocenters. The zero-order valence-electron chi connectivity index (χ0n) is 11.1. The fourth-order valence-electron chi connectivity index (χ4n) is 2.37. The van der Waals surface area contributed by atoms with Crippen LogP contribution in [0.25, 0.3) is 0 Å². The predicted octanol–water partition coefficient (Wildman–Crippen LogP) is 3.80. The lowest BCUT2D eigenvalue weighted by Crippen LogP contribution is -2.38. The summed E-state index contributed by atoms with van der Waals surface area (Å²) in [6.07, 6.45) is 0. The minimum absolute atomic E-state index is 0.0135. The minimum Gasteiger partial charge on any atom is -0.490 e. The van der Waals surface area contributed by atoms with Crippen molar-refractivity contribution in [1.82, 2.24) is 0 Å². The van der Waals surface area contributed by atoms with E-state index in [2.05, 4.69) is 15.9 Å². The first kappa shape index (κ1) is 13.2. The van der Waals surface area contributed by atoms with Crippen LogP contribution in [0.4, 0.5) is 5.69 Å². The van der Waals surface area contributed by atoms with Gasteiger partial charge in [-0.25, -0.2) is 0 Å². The lowest BCUT2D eigenvalue weighted by molar-refractivity contribution is 0.0976. The van der Waals surface area contributed by atoms with Crippen molar-refractivity contribution in [2.75, 3.05) is 18.1 Å². The molecule has 20 heavy (non-hydrogen) atoms. The molecular formula is C16H14BrNO2. The summed E-state index contributed by atoms with van der Waals surface area (Å²) in [7, 11) is 0. The van der Waals surface area contributed by atoms with Gasteiger partial charge in [-0.05, 0) is 36.8 Å². The normalized spacial score (nSPS) is 13.6. The zero-order valence-corrected chi connectivity index (χ0v) is 12.7. The first-order valence-corrected chi connectivity index (χ1v) is 7.26. The van der Waals surface area contributed by atoms with Crippen molar-refractivity contribution in [3.05, 3.63) is 58.1 Å². The number of anilines is 1. The molecule has 0 N–H and O–H groups in total. The van der Waals surface area contributed by atoms with Gasteiger partial charge in [-0.2, -0.15) is 0 Å². The molecule has 1 aliphatic rings. The lowest BCUT2D eigenvalue weighted by atomic mass is 10.1. The Labute approximate surface area is 126 Å². The minimum atomic E-state index is 0.0135. The summed E-state index contributed by atoms with van der Waals surface area (Å²) in [5.41, 5.74) is 2.51. The summed E-state index contributed by atoms with van der Waals surface area (Å²) < 4.78 is 6.54. The van der Waals surface area contributed by atoms with E-state index in [4.69, 9.17) is 4.74 Å². The number of nitrogens with zero attached hydrogens (tertiary/aromatic N) is 1. The molecule has 0 radical (unpaired) electrons. The fraction of sp³-hybridized carbons (Fsp3) is 0.188. The Morgan fingerprint density at radius 3 is 2.85 bits per heavy atom. The quantitative estimate of drug-likeness (QED) is 0.795. The number of halogens is 1. The number of fused-ring (bicyclic) bond motifs is 1. The lowest BCUT2D eigenvalue weighted by Gasteiger charge is -2.30. The molecule has 102 valence electrons. The zero-order chi connectivity index (χ0) is 14.1. The number of carbonyl (C=O) groups is 1. The summed E-state index contributed by atoms with van der Waals surface area (Å²) in [6, 6.07) is 13.3. The van der Waals surface area contributed by atoms with Crippen LogP contribution in [-0.2, 0) is 0 Å². The van der Waals surface area contributed by atoms with Gasteiger partial charge in [-0.15, -0.1) is 0 Å². The second-order valence-corrected chi connectivity index (χ2v) is 5.54. The number of benzene rings is 2. The van der Waals surface area contributed by atoms with E-state index >= 15 is 0 Å². The van der Waals surface area contributed by atoms with Crippen LogP contribution >= 0.6 is 15.9 Å². The summed E-state index contributed by atoms with van der Waals surface area (Å²) in [5.74, 6) is 0.777. The highest BCUT2D eigenvalue weighted by molar-refractivity contribution is 9.10. The molecule has 0 atom stereocenters. The molecule has 0 saturated carbocycles. The van der Waals surface area contributed by atoms with Gasteiger partial charge in [0.05, 0.1) is 12.2 Å². The molecule has 0 aromatic heterocycles. The standard InChI is InChI=1S/C16H14BrNO2/c1-11-12(5-4-6-13(11)17)16(19)18-9-10-20-15-8-3-2-7-14(15)18/h2-8H,9-10H2,1H3. The van der Waals surface area contributed by atoms with E-state index in [1.54, 1.807) is 4.90 Å². The van der Waals surface area contributed by atoms with Crippen LogP contribution in [-0.4, -0.2) is 19.1 Å². The van der Waals surface area contributed by atoms with Crippen molar-refractivity contribution in [2.24, 2.45) is 0 Å². The van der Waals surface area contributed by atoms with E-state index < -0.39 is 0 Å². The number of ether oxygens (including phenoxy) is 1. The van der Waals surface area contributed by atoms with Crippen molar-refractivity contribution in [2.45, 2.75) is 6.92 Å². The van der Waals surface area contributed by atoms with Crippen LogP contribution in [0.2, 0.25) is 0 Å². The SMILES string of the molecule is Cc1c(Br)cccc1C(=O)N1CCOc2ccccc21. The van der Waals surface area contributed by atoms with E-state index in [-0.39, 0.29) is 5.91 Å². The molecule has 1 amide bonds. The topological polar surface area (TPSA) is 29.5 Å². The Kier molecular flexibility index (Phi) is 3.49. The van der Waals surface area contributed by atoms with Crippen molar-refractivity contribution in [3.63, 3.8) is 0 Å². The summed E-state index contributed by atoms with van der Waals surface area (Å²) >= 11 is 3.47. The Morgan fingerprint density at radius 1 is 1.20 bits per heavy atom. The smallest absolute Gasteiger partial charge is 0.258 e. The maximum absolute atomic E-state index is 12.8. The molecule has 1 heterocycles. The first-order valence-electron chi connectivity index (χ1n) is 6.47. The highest BCUT2D eigenvalue weighted by Crippen LogP contribution is 2.32. The maximum Gasteiger partial charge on any atom is 0.258 e. The monoisotopic (exact) mass is 331 g/mol. The molecule has 0 spiro atoms. The Hall–Kier alpha value is -1.81. The summed E-state index contributed by atoms with van der Waals surface area (Å²) in [4.78, 5) is 14.6. The van der Waals surface area contributed by atoms with Crippen LogP contribution in [0, 0.1) is 6.92 Å². The highest BCUT2D eigenvalue weighted by Gasteiger charge is 2.25. The molecule has 0 fully saturated rings. The number of carbonyl (C=O) groups excluding carboxylic acids is 1. The van der Waals surface area contributed by atoms with Gasteiger partial charge in [0.25, 0.3) is 5.91 Å². The average Bonchev–Trinajstić information content (AvgIpc) is 2.49. The third-order valence-electron chi connectivity index (χ3n) is 3.47. The van der Waals surface area contributed by atoms with Crippen LogP contribution < -0.4 is 9.64 Å². The molecule has 3 rings (SSSR count). The molecule has 0 bridgehead atoms. The Morgan fingerprint density at radius 2 is 2.00 bits per heavy atom. The summed E-state index contributed by atoms with van der Waals surface area (Å²) in [6.45, 7) is 3.04. The van der Waals surface area contributed by atoms with Crippen molar-refractivity contribution >= 4 is 27.5 Å². The number of hydrogen-bond acceptors (Lipinski definition) is 2. The number of rotatable bonds is 1. The van der Waals surface area contributed by atoms with Gasteiger partial charge in [-0.1, -0.05) is 34.1 Å². The molecule has 1 aliphatic heterocycles. The molecule has 3 nitrogen and oxygen atoms in total. The van der Waals surface area contributed by atoms with Gasteiger partial charge in [0, 0.05) is 10.0 Å². The number of para-hydroxylation sites is 2. The van der Waals surface area contributed by atoms with Gasteiger partial charge in [0.2, 0.25) is 0 Å². The van der Waals surface area contributed by atoms with Crippen LogP contribution in [0.3, 0.4) is 0 Å². The van der Waals surface area contributed by atoms with Gasteiger partial charge >= 0.3 is 0 Å². The third kappa shape index (κ3) is 2.20. The number of amides is 1. The van der Waals surface area contributed by atoms with E-state index in [0.29, 0.717) is 13.2 Å². The average molecular weight is 332 g/mol. The van der Waals surface area contributed by atoms with Crippen LogP contribution in [0.1, 0.15) is 15.9 Å². The van der Waals surface area contributed by atoms with Gasteiger partial charge in [0.1, 0.15) is 12.4 Å². The van der Waals surface area contributed by atoms with E-state index in [1.165, 1.54) is 0 Å². The maximum atomic E-state index is 12.8. The molecule has 2 aromatic carbocycles. The largest absolute Gasteiger partial charge is 0.490 e. The van der Waals surface area contributed by atoms with E-state index in [1.807, 2.05) is 49.4 Å². The Bertz CT molecular complexity index is 669. The van der Waals surface area contributed by atoms with Crippen LogP contribution in [0.5, 0.6) is 5.75 Å². The van der Waals surface area contributed by atoms with Gasteiger partial charge in [-0.3, -0.25) is 4.79 Å². The van der Waals surface area contributed by atoms with E-state index in [0.717, 1.165) is 27.0 Å².